The molecular formula is C15H24N4S. The normalized spacial score (nSPS) is 19.6. The summed E-state index contributed by atoms with van der Waals surface area (Å²) < 4.78 is 0. The lowest BCUT2D eigenvalue weighted by molar-refractivity contribution is 0.182. The fourth-order valence-corrected chi connectivity index (χ4v) is 2.82. The summed E-state index contributed by atoms with van der Waals surface area (Å²) in [6.07, 6.45) is 7.36. The minimum Gasteiger partial charge on any atom is -0.362 e. The molecule has 4 nitrogen and oxygen atoms in total. The van der Waals surface area contributed by atoms with Crippen LogP contribution in [0.5, 0.6) is 0 Å². The summed E-state index contributed by atoms with van der Waals surface area (Å²) in [5, 5.41) is 7.09. The van der Waals surface area contributed by atoms with Gasteiger partial charge in [-0.05, 0) is 62.6 Å². The van der Waals surface area contributed by atoms with Crippen LogP contribution in [0.2, 0.25) is 0 Å². The van der Waals surface area contributed by atoms with Crippen molar-refractivity contribution in [3.8, 4) is 0 Å². The highest BCUT2D eigenvalue weighted by Gasteiger charge is 2.15. The van der Waals surface area contributed by atoms with Crippen LogP contribution >= 0.6 is 12.2 Å². The van der Waals surface area contributed by atoms with Crippen LogP contribution in [-0.2, 0) is 0 Å². The maximum atomic E-state index is 5.27. The zero-order chi connectivity index (χ0) is 14.2. The minimum atomic E-state index is 0.684. The summed E-state index contributed by atoms with van der Waals surface area (Å²) in [6.45, 7) is 6.93. The summed E-state index contributed by atoms with van der Waals surface area (Å²) in [6, 6.07) is 3.81. The molecular weight excluding hydrogens is 268 g/mol. The molecule has 0 bridgehead atoms. The number of aromatic nitrogens is 1. The SMILES string of the molecule is C[C@H]1CCCN(CCCNC(=S)Nc2ccncc2)C1. The van der Waals surface area contributed by atoms with Crippen molar-refractivity contribution in [2.45, 2.75) is 26.2 Å². The summed E-state index contributed by atoms with van der Waals surface area (Å²) in [7, 11) is 0. The number of hydrogen-bond donors (Lipinski definition) is 2. The molecule has 0 saturated carbocycles. The van der Waals surface area contributed by atoms with E-state index in [0.29, 0.717) is 5.11 Å². The molecule has 1 aromatic rings. The average molecular weight is 292 g/mol. The van der Waals surface area contributed by atoms with Crippen molar-refractivity contribution in [3.63, 3.8) is 0 Å². The zero-order valence-corrected chi connectivity index (χ0v) is 13.0. The molecule has 0 aromatic carbocycles. The number of thiocarbonyl (C=S) groups is 1. The summed E-state index contributed by atoms with van der Waals surface area (Å²) in [5.74, 6) is 0.853. The van der Waals surface area contributed by atoms with E-state index in [-0.39, 0.29) is 0 Å². The highest BCUT2D eigenvalue weighted by atomic mass is 32.1. The second-order valence-electron chi connectivity index (χ2n) is 5.52. The van der Waals surface area contributed by atoms with Gasteiger partial charge in [-0.25, -0.2) is 0 Å². The fourth-order valence-electron chi connectivity index (χ4n) is 2.60. The van der Waals surface area contributed by atoms with Crippen molar-refractivity contribution >= 4 is 23.0 Å². The number of rotatable bonds is 5. The Morgan fingerprint density at radius 2 is 2.25 bits per heavy atom. The molecule has 1 aromatic heterocycles. The van der Waals surface area contributed by atoms with Crippen LogP contribution in [0.25, 0.3) is 0 Å². The first-order valence-corrected chi connectivity index (χ1v) is 7.82. The molecule has 2 heterocycles. The van der Waals surface area contributed by atoms with E-state index in [1.807, 2.05) is 12.1 Å². The number of piperidine rings is 1. The quantitative estimate of drug-likeness (QED) is 0.644. The van der Waals surface area contributed by atoms with Gasteiger partial charge in [0.25, 0.3) is 0 Å². The van der Waals surface area contributed by atoms with Gasteiger partial charge in [0.2, 0.25) is 0 Å². The Kier molecular flexibility index (Phi) is 6.21. The van der Waals surface area contributed by atoms with Crippen molar-refractivity contribution in [1.29, 1.82) is 0 Å². The van der Waals surface area contributed by atoms with Crippen LogP contribution in [0.15, 0.2) is 24.5 Å². The largest absolute Gasteiger partial charge is 0.362 e. The van der Waals surface area contributed by atoms with E-state index in [0.717, 1.165) is 31.1 Å². The van der Waals surface area contributed by atoms with Gasteiger partial charge >= 0.3 is 0 Å². The highest BCUT2D eigenvalue weighted by molar-refractivity contribution is 7.80. The topological polar surface area (TPSA) is 40.2 Å². The molecule has 1 atom stereocenters. The molecule has 2 rings (SSSR count). The van der Waals surface area contributed by atoms with Crippen LogP contribution in [-0.4, -0.2) is 41.2 Å². The van der Waals surface area contributed by atoms with Crippen molar-refractivity contribution in [1.82, 2.24) is 15.2 Å². The fraction of sp³-hybridized carbons (Fsp3) is 0.600. The number of pyridine rings is 1. The summed E-state index contributed by atoms with van der Waals surface area (Å²) in [5.41, 5.74) is 0.974. The third-order valence-corrected chi connectivity index (χ3v) is 3.86. The van der Waals surface area contributed by atoms with Gasteiger partial charge in [-0.15, -0.1) is 0 Å². The van der Waals surface area contributed by atoms with Gasteiger partial charge in [0.15, 0.2) is 5.11 Å². The molecule has 2 N–H and O–H groups in total. The van der Waals surface area contributed by atoms with Gasteiger partial charge in [0, 0.05) is 31.2 Å². The van der Waals surface area contributed by atoms with Gasteiger partial charge in [-0.2, -0.15) is 0 Å². The number of nitrogens with one attached hydrogen (secondary N) is 2. The molecule has 0 aliphatic carbocycles. The van der Waals surface area contributed by atoms with E-state index < -0.39 is 0 Å². The Hall–Kier alpha value is -1.20. The van der Waals surface area contributed by atoms with E-state index in [1.54, 1.807) is 12.4 Å². The first-order chi connectivity index (χ1) is 9.74. The van der Waals surface area contributed by atoms with Crippen molar-refractivity contribution in [2.24, 2.45) is 5.92 Å². The van der Waals surface area contributed by atoms with Gasteiger partial charge in [0.1, 0.15) is 0 Å². The van der Waals surface area contributed by atoms with Crippen molar-refractivity contribution in [2.75, 3.05) is 31.5 Å². The summed E-state index contributed by atoms with van der Waals surface area (Å²) in [4.78, 5) is 6.54. The van der Waals surface area contributed by atoms with Gasteiger partial charge in [0.05, 0.1) is 0 Å². The molecule has 20 heavy (non-hydrogen) atoms. The lowest BCUT2D eigenvalue weighted by atomic mass is 10.0. The lowest BCUT2D eigenvalue weighted by Gasteiger charge is -2.30. The molecule has 5 heteroatoms. The van der Waals surface area contributed by atoms with Crippen LogP contribution in [0.1, 0.15) is 26.2 Å². The monoisotopic (exact) mass is 292 g/mol. The van der Waals surface area contributed by atoms with Crippen LogP contribution in [0, 0.1) is 5.92 Å². The number of likely N-dealkylation sites (tertiary alicyclic amines) is 1. The van der Waals surface area contributed by atoms with Crippen LogP contribution in [0.4, 0.5) is 5.69 Å². The van der Waals surface area contributed by atoms with Crippen molar-refractivity contribution < 1.29 is 0 Å². The van der Waals surface area contributed by atoms with Crippen LogP contribution in [0.3, 0.4) is 0 Å². The number of hydrogen-bond acceptors (Lipinski definition) is 3. The second kappa shape index (κ2) is 8.17. The number of anilines is 1. The third-order valence-electron chi connectivity index (χ3n) is 3.62. The molecule has 1 aliphatic rings. The maximum Gasteiger partial charge on any atom is 0.170 e. The Labute approximate surface area is 127 Å². The Balaban J connectivity index is 1.57. The molecule has 1 fully saturated rings. The predicted molar refractivity (Wildman–Crippen MR) is 87.9 cm³/mol. The average Bonchev–Trinajstić information content (AvgIpc) is 2.45. The summed E-state index contributed by atoms with van der Waals surface area (Å²) >= 11 is 5.27. The predicted octanol–water partition coefficient (Wildman–Crippen LogP) is 2.49. The van der Waals surface area contributed by atoms with Crippen molar-refractivity contribution in [3.05, 3.63) is 24.5 Å². The molecule has 1 aliphatic heterocycles. The van der Waals surface area contributed by atoms with Gasteiger partial charge < -0.3 is 15.5 Å². The van der Waals surface area contributed by atoms with E-state index in [2.05, 4.69) is 27.4 Å². The highest BCUT2D eigenvalue weighted by Crippen LogP contribution is 2.15. The molecule has 0 radical (unpaired) electrons. The van der Waals surface area contributed by atoms with Crippen LogP contribution < -0.4 is 10.6 Å². The molecule has 110 valence electrons. The smallest absolute Gasteiger partial charge is 0.170 e. The lowest BCUT2D eigenvalue weighted by Crippen LogP contribution is -2.37. The Bertz CT molecular complexity index is 410. The van der Waals surface area contributed by atoms with Gasteiger partial charge in [-0.3, -0.25) is 4.98 Å². The van der Waals surface area contributed by atoms with Gasteiger partial charge in [-0.1, -0.05) is 6.92 Å². The van der Waals surface area contributed by atoms with E-state index in [1.165, 1.54) is 25.9 Å². The number of nitrogens with zero attached hydrogens (tertiary/aromatic N) is 2. The maximum absolute atomic E-state index is 5.27. The Morgan fingerprint density at radius 3 is 3.00 bits per heavy atom. The van der Waals surface area contributed by atoms with E-state index >= 15 is 0 Å². The van der Waals surface area contributed by atoms with E-state index in [4.69, 9.17) is 12.2 Å². The molecule has 1 saturated heterocycles. The first kappa shape index (κ1) is 15.2. The molecule has 0 amide bonds. The Morgan fingerprint density at radius 1 is 1.45 bits per heavy atom. The molecule has 0 unspecified atom stereocenters. The zero-order valence-electron chi connectivity index (χ0n) is 12.1. The second-order valence-corrected chi connectivity index (χ2v) is 5.93. The minimum absolute atomic E-state index is 0.684. The first-order valence-electron chi connectivity index (χ1n) is 7.41. The van der Waals surface area contributed by atoms with E-state index in [9.17, 15) is 0 Å². The third kappa shape index (κ3) is 5.43. The standard InChI is InChI=1S/C15H24N4S/c1-13-4-2-10-19(12-13)11-3-7-17-15(20)18-14-5-8-16-9-6-14/h5-6,8-9,13H,2-4,7,10-12H2,1H3,(H2,16,17,18,20)/t13-/m0/s1. The molecule has 0 spiro atoms.